The molecular formula is C10H17N3OS. The molecule has 1 aromatic heterocycles. The molecule has 0 radical (unpaired) electrons. The molecule has 0 bridgehead atoms. The zero-order chi connectivity index (χ0) is 11.3. The molecule has 3 N–H and O–H groups in total. The molecule has 1 rings (SSSR count). The van der Waals surface area contributed by atoms with Gasteiger partial charge in [-0.05, 0) is 24.5 Å². The van der Waals surface area contributed by atoms with Crippen LogP contribution in [-0.2, 0) is 7.05 Å². The van der Waals surface area contributed by atoms with E-state index in [0.717, 1.165) is 12.2 Å². The topological polar surface area (TPSA) is 60.1 Å². The van der Waals surface area contributed by atoms with Gasteiger partial charge in [0.25, 0.3) is 5.91 Å². The van der Waals surface area contributed by atoms with Crippen LogP contribution in [-0.4, -0.2) is 29.0 Å². The van der Waals surface area contributed by atoms with E-state index in [2.05, 4.69) is 11.6 Å². The molecule has 0 aliphatic carbocycles. The van der Waals surface area contributed by atoms with Crippen molar-refractivity contribution in [1.29, 1.82) is 0 Å². The Balaban J connectivity index is 2.43. The summed E-state index contributed by atoms with van der Waals surface area (Å²) >= 11 is 1.78. The Morgan fingerprint density at radius 1 is 1.67 bits per heavy atom. The number of hydrogen-bond acceptors (Lipinski definition) is 3. The Labute approximate surface area is 94.2 Å². The summed E-state index contributed by atoms with van der Waals surface area (Å²) in [6.07, 6.45) is 4.78. The number of nitrogens with zero attached hydrogens (tertiary/aromatic N) is 1. The lowest BCUT2D eigenvalue weighted by Gasteiger charge is -2.04. The summed E-state index contributed by atoms with van der Waals surface area (Å²) in [6.45, 7) is 0.713. The Bertz CT molecular complexity index is 335. The number of thioether (sulfide) groups is 1. The van der Waals surface area contributed by atoms with Gasteiger partial charge in [-0.15, -0.1) is 0 Å². The van der Waals surface area contributed by atoms with Crippen molar-refractivity contribution >= 4 is 23.4 Å². The third kappa shape index (κ3) is 3.51. The van der Waals surface area contributed by atoms with Gasteiger partial charge in [0.1, 0.15) is 5.69 Å². The summed E-state index contributed by atoms with van der Waals surface area (Å²) in [6, 6.07) is 1.68. The minimum atomic E-state index is -0.0599. The lowest BCUT2D eigenvalue weighted by atomic mass is 10.3. The van der Waals surface area contributed by atoms with E-state index in [0.29, 0.717) is 17.9 Å². The number of nitrogen functional groups attached to an aromatic ring is 1. The third-order valence-corrected chi connectivity index (χ3v) is 2.77. The van der Waals surface area contributed by atoms with Crippen LogP contribution >= 0.6 is 11.8 Å². The lowest BCUT2D eigenvalue weighted by molar-refractivity contribution is 0.0945. The van der Waals surface area contributed by atoms with E-state index in [4.69, 9.17) is 5.73 Å². The van der Waals surface area contributed by atoms with E-state index in [9.17, 15) is 4.79 Å². The molecular weight excluding hydrogens is 210 g/mol. The van der Waals surface area contributed by atoms with Gasteiger partial charge in [-0.1, -0.05) is 0 Å². The number of rotatable bonds is 5. The van der Waals surface area contributed by atoms with Gasteiger partial charge in [-0.3, -0.25) is 4.79 Å². The molecule has 0 spiro atoms. The van der Waals surface area contributed by atoms with Gasteiger partial charge < -0.3 is 15.6 Å². The smallest absolute Gasteiger partial charge is 0.267 e. The average Bonchev–Trinajstić information content (AvgIpc) is 2.52. The molecule has 0 atom stereocenters. The van der Waals surface area contributed by atoms with Crippen LogP contribution in [0.3, 0.4) is 0 Å². The molecule has 1 aromatic rings. The summed E-state index contributed by atoms with van der Waals surface area (Å²) in [4.78, 5) is 11.6. The maximum Gasteiger partial charge on any atom is 0.267 e. The molecule has 0 aliphatic heterocycles. The van der Waals surface area contributed by atoms with Crippen LogP contribution in [0.5, 0.6) is 0 Å². The molecule has 1 heterocycles. The number of aryl methyl sites for hydroxylation is 1. The highest BCUT2D eigenvalue weighted by Gasteiger charge is 2.09. The first-order chi connectivity index (χ1) is 7.15. The Hall–Kier alpha value is -1.10. The van der Waals surface area contributed by atoms with Crippen LogP contribution in [0.15, 0.2) is 12.3 Å². The third-order valence-electron chi connectivity index (χ3n) is 2.07. The number of hydrogen-bond donors (Lipinski definition) is 2. The van der Waals surface area contributed by atoms with Crippen LogP contribution in [0.4, 0.5) is 5.69 Å². The Kier molecular flexibility index (Phi) is 4.55. The van der Waals surface area contributed by atoms with Gasteiger partial charge in [0, 0.05) is 19.8 Å². The van der Waals surface area contributed by atoms with Crippen molar-refractivity contribution < 1.29 is 4.79 Å². The zero-order valence-electron chi connectivity index (χ0n) is 9.12. The van der Waals surface area contributed by atoms with Crippen LogP contribution < -0.4 is 11.1 Å². The number of nitrogens with two attached hydrogens (primary N) is 1. The Morgan fingerprint density at radius 2 is 2.40 bits per heavy atom. The molecule has 0 saturated carbocycles. The zero-order valence-corrected chi connectivity index (χ0v) is 9.93. The van der Waals surface area contributed by atoms with Crippen LogP contribution in [0.2, 0.25) is 0 Å². The van der Waals surface area contributed by atoms with E-state index >= 15 is 0 Å². The molecule has 0 saturated heterocycles. The van der Waals surface area contributed by atoms with Crippen molar-refractivity contribution in [3.63, 3.8) is 0 Å². The predicted molar refractivity (Wildman–Crippen MR) is 65.2 cm³/mol. The highest BCUT2D eigenvalue weighted by atomic mass is 32.2. The van der Waals surface area contributed by atoms with Crippen molar-refractivity contribution in [2.75, 3.05) is 24.3 Å². The van der Waals surface area contributed by atoms with E-state index < -0.39 is 0 Å². The fraction of sp³-hybridized carbons (Fsp3) is 0.500. The van der Waals surface area contributed by atoms with Gasteiger partial charge in [-0.2, -0.15) is 11.8 Å². The molecule has 84 valence electrons. The van der Waals surface area contributed by atoms with Crippen molar-refractivity contribution in [2.24, 2.45) is 7.05 Å². The molecule has 0 unspecified atom stereocenters. The van der Waals surface area contributed by atoms with E-state index in [1.165, 1.54) is 0 Å². The van der Waals surface area contributed by atoms with Crippen molar-refractivity contribution in [1.82, 2.24) is 9.88 Å². The second-order valence-corrected chi connectivity index (χ2v) is 4.36. The van der Waals surface area contributed by atoms with Crippen molar-refractivity contribution in [3.8, 4) is 0 Å². The first-order valence-corrected chi connectivity index (χ1v) is 6.23. The maximum absolute atomic E-state index is 11.6. The highest BCUT2D eigenvalue weighted by molar-refractivity contribution is 7.98. The second-order valence-electron chi connectivity index (χ2n) is 3.37. The normalized spacial score (nSPS) is 10.3. The molecule has 0 aromatic carbocycles. The summed E-state index contributed by atoms with van der Waals surface area (Å²) in [5.74, 6) is 1.01. The van der Waals surface area contributed by atoms with Gasteiger partial charge in [0.15, 0.2) is 0 Å². The fourth-order valence-electron chi connectivity index (χ4n) is 1.32. The number of carbonyl (C=O) groups excluding carboxylic acids is 1. The van der Waals surface area contributed by atoms with Crippen LogP contribution in [0.1, 0.15) is 16.9 Å². The molecule has 4 nitrogen and oxygen atoms in total. The largest absolute Gasteiger partial charge is 0.397 e. The monoisotopic (exact) mass is 227 g/mol. The average molecular weight is 227 g/mol. The Morgan fingerprint density at radius 3 is 2.93 bits per heavy atom. The van der Waals surface area contributed by atoms with Crippen molar-refractivity contribution in [2.45, 2.75) is 6.42 Å². The van der Waals surface area contributed by atoms with E-state index in [-0.39, 0.29) is 5.91 Å². The quantitative estimate of drug-likeness (QED) is 0.740. The second kappa shape index (κ2) is 5.70. The lowest BCUT2D eigenvalue weighted by Crippen LogP contribution is -2.26. The van der Waals surface area contributed by atoms with Gasteiger partial charge in [0.2, 0.25) is 0 Å². The minimum absolute atomic E-state index is 0.0599. The van der Waals surface area contributed by atoms with Crippen LogP contribution in [0.25, 0.3) is 0 Å². The van der Waals surface area contributed by atoms with Crippen molar-refractivity contribution in [3.05, 3.63) is 18.0 Å². The van der Waals surface area contributed by atoms with Gasteiger partial charge >= 0.3 is 0 Å². The number of anilines is 1. The summed E-state index contributed by atoms with van der Waals surface area (Å²) in [5.41, 5.74) is 6.81. The van der Waals surface area contributed by atoms with Crippen LogP contribution in [0, 0.1) is 0 Å². The number of aromatic nitrogens is 1. The van der Waals surface area contributed by atoms with Gasteiger partial charge in [-0.25, -0.2) is 0 Å². The standard InChI is InChI=1S/C10H17N3OS/c1-13-7-8(11)6-9(13)10(14)12-4-3-5-15-2/h6-7H,3-5,11H2,1-2H3,(H,12,14). The molecule has 0 fully saturated rings. The summed E-state index contributed by atoms with van der Waals surface area (Å²) in [7, 11) is 1.81. The first kappa shape index (κ1) is 12.0. The fourth-order valence-corrected chi connectivity index (χ4v) is 1.76. The number of carbonyl (C=O) groups is 1. The summed E-state index contributed by atoms with van der Waals surface area (Å²) < 4.78 is 1.74. The van der Waals surface area contributed by atoms with E-state index in [1.807, 2.05) is 7.05 Å². The SMILES string of the molecule is CSCCCNC(=O)c1cc(N)cn1C. The number of amides is 1. The minimum Gasteiger partial charge on any atom is -0.397 e. The number of nitrogens with one attached hydrogen (secondary N) is 1. The summed E-state index contributed by atoms with van der Waals surface area (Å²) in [5, 5.41) is 2.86. The molecule has 1 amide bonds. The molecule has 5 heteroatoms. The maximum atomic E-state index is 11.6. The first-order valence-electron chi connectivity index (χ1n) is 4.84. The van der Waals surface area contributed by atoms with E-state index in [1.54, 1.807) is 28.6 Å². The van der Waals surface area contributed by atoms with Gasteiger partial charge in [0.05, 0.1) is 5.69 Å². The predicted octanol–water partition coefficient (Wildman–Crippen LogP) is 1.09. The molecule has 0 aliphatic rings. The molecule has 15 heavy (non-hydrogen) atoms. The highest BCUT2D eigenvalue weighted by Crippen LogP contribution is 2.08.